The first-order valence-corrected chi connectivity index (χ1v) is 10.3. The van der Waals surface area contributed by atoms with Gasteiger partial charge in [0.2, 0.25) is 11.8 Å². The van der Waals surface area contributed by atoms with E-state index >= 15 is 0 Å². The number of hydrogen-bond acceptors (Lipinski definition) is 2. The zero-order valence-electron chi connectivity index (χ0n) is 17.5. The van der Waals surface area contributed by atoms with Crippen molar-refractivity contribution in [3.05, 3.63) is 107 Å². The molecule has 0 spiro atoms. The van der Waals surface area contributed by atoms with Gasteiger partial charge in [0.15, 0.2) is 0 Å². The standard InChI is InChI=1S/C26H28N2O2/c1-3-24(29)28(19-22-10-6-4-7-11-22)25(23-12-8-5-9-13-23)26(30)27-18-21-16-14-20(2)15-17-21/h4-17,25H,3,18-19H2,1-2H3,(H,27,30)/t25-/m1/s1. The lowest BCUT2D eigenvalue weighted by molar-refractivity contribution is -0.141. The fourth-order valence-electron chi connectivity index (χ4n) is 3.41. The Balaban J connectivity index is 1.88. The van der Waals surface area contributed by atoms with E-state index < -0.39 is 6.04 Å². The second-order valence-corrected chi connectivity index (χ2v) is 7.38. The molecule has 2 amide bonds. The van der Waals surface area contributed by atoms with Crippen molar-refractivity contribution >= 4 is 11.8 Å². The van der Waals surface area contributed by atoms with Gasteiger partial charge in [-0.15, -0.1) is 0 Å². The molecule has 0 radical (unpaired) electrons. The van der Waals surface area contributed by atoms with Crippen LogP contribution in [0.15, 0.2) is 84.9 Å². The second-order valence-electron chi connectivity index (χ2n) is 7.38. The van der Waals surface area contributed by atoms with Crippen LogP contribution in [-0.2, 0) is 22.7 Å². The highest BCUT2D eigenvalue weighted by molar-refractivity contribution is 5.88. The van der Waals surface area contributed by atoms with Crippen molar-refractivity contribution in [2.75, 3.05) is 0 Å². The third-order valence-electron chi connectivity index (χ3n) is 5.08. The molecule has 0 aliphatic rings. The molecule has 154 valence electrons. The van der Waals surface area contributed by atoms with Gasteiger partial charge in [0.25, 0.3) is 0 Å². The number of rotatable bonds is 8. The number of amides is 2. The highest BCUT2D eigenvalue weighted by Crippen LogP contribution is 2.24. The zero-order chi connectivity index (χ0) is 21.3. The maximum atomic E-state index is 13.3. The van der Waals surface area contributed by atoms with Gasteiger partial charge in [-0.2, -0.15) is 0 Å². The minimum absolute atomic E-state index is 0.0572. The van der Waals surface area contributed by atoms with Gasteiger partial charge in [0.1, 0.15) is 6.04 Å². The SMILES string of the molecule is CCC(=O)N(Cc1ccccc1)[C@@H](C(=O)NCc1ccc(C)cc1)c1ccccc1. The van der Waals surface area contributed by atoms with Gasteiger partial charge in [-0.3, -0.25) is 9.59 Å². The summed E-state index contributed by atoms with van der Waals surface area (Å²) < 4.78 is 0. The van der Waals surface area contributed by atoms with Crippen LogP contribution < -0.4 is 5.32 Å². The lowest BCUT2D eigenvalue weighted by Gasteiger charge is -2.31. The summed E-state index contributed by atoms with van der Waals surface area (Å²) in [6, 6.07) is 26.7. The number of carbonyl (C=O) groups excluding carboxylic acids is 2. The predicted octanol–water partition coefficient (Wildman–Crippen LogP) is 4.79. The largest absolute Gasteiger partial charge is 0.350 e. The average molecular weight is 401 g/mol. The molecule has 3 rings (SSSR count). The molecule has 0 unspecified atom stereocenters. The van der Waals surface area contributed by atoms with Crippen LogP contribution >= 0.6 is 0 Å². The fraction of sp³-hybridized carbons (Fsp3) is 0.231. The molecule has 1 N–H and O–H groups in total. The molecule has 0 saturated heterocycles. The van der Waals surface area contributed by atoms with Crippen molar-refractivity contribution in [3.8, 4) is 0 Å². The van der Waals surface area contributed by atoms with Crippen molar-refractivity contribution in [1.29, 1.82) is 0 Å². The highest BCUT2D eigenvalue weighted by atomic mass is 16.2. The molecule has 1 atom stereocenters. The van der Waals surface area contributed by atoms with Crippen molar-refractivity contribution < 1.29 is 9.59 Å². The topological polar surface area (TPSA) is 49.4 Å². The van der Waals surface area contributed by atoms with E-state index in [1.807, 2.05) is 98.8 Å². The minimum Gasteiger partial charge on any atom is -0.350 e. The molecule has 0 fully saturated rings. The normalized spacial score (nSPS) is 11.5. The van der Waals surface area contributed by atoms with E-state index in [9.17, 15) is 9.59 Å². The van der Waals surface area contributed by atoms with Gasteiger partial charge in [-0.1, -0.05) is 97.4 Å². The van der Waals surface area contributed by atoms with E-state index in [0.29, 0.717) is 19.5 Å². The minimum atomic E-state index is -0.690. The molecule has 4 heteroatoms. The van der Waals surface area contributed by atoms with Crippen LogP contribution in [0.4, 0.5) is 0 Å². The summed E-state index contributed by atoms with van der Waals surface area (Å²) in [5, 5.41) is 3.03. The van der Waals surface area contributed by atoms with Crippen LogP contribution in [0.2, 0.25) is 0 Å². The van der Waals surface area contributed by atoms with Crippen LogP contribution in [0.3, 0.4) is 0 Å². The third-order valence-corrected chi connectivity index (χ3v) is 5.08. The van der Waals surface area contributed by atoms with Crippen LogP contribution in [0.25, 0.3) is 0 Å². The number of benzene rings is 3. The number of hydrogen-bond donors (Lipinski definition) is 1. The van der Waals surface area contributed by atoms with Gasteiger partial charge in [0, 0.05) is 19.5 Å². The summed E-state index contributed by atoms with van der Waals surface area (Å²) in [5.74, 6) is -0.238. The third kappa shape index (κ3) is 5.57. The Bertz CT molecular complexity index is 953. The van der Waals surface area contributed by atoms with Crippen molar-refractivity contribution in [2.45, 2.75) is 39.4 Å². The molecule has 0 aliphatic carbocycles. The van der Waals surface area contributed by atoms with Crippen molar-refractivity contribution in [2.24, 2.45) is 0 Å². The summed E-state index contributed by atoms with van der Waals surface area (Å²) >= 11 is 0. The Labute approximate surface area is 178 Å². The molecule has 0 aliphatic heterocycles. The van der Waals surface area contributed by atoms with E-state index in [2.05, 4.69) is 5.32 Å². The Morgan fingerprint density at radius 2 is 1.43 bits per heavy atom. The number of carbonyl (C=O) groups is 2. The lowest BCUT2D eigenvalue weighted by atomic mass is 10.0. The molecule has 4 nitrogen and oxygen atoms in total. The Morgan fingerprint density at radius 3 is 2.03 bits per heavy atom. The van der Waals surface area contributed by atoms with Gasteiger partial charge in [0.05, 0.1) is 0 Å². The monoisotopic (exact) mass is 400 g/mol. The summed E-state index contributed by atoms with van der Waals surface area (Å²) in [4.78, 5) is 27.9. The summed E-state index contributed by atoms with van der Waals surface area (Å²) in [5.41, 5.74) is 4.00. The lowest BCUT2D eigenvalue weighted by Crippen LogP contribution is -2.43. The average Bonchev–Trinajstić information content (AvgIpc) is 2.79. The van der Waals surface area contributed by atoms with Crippen LogP contribution in [0.5, 0.6) is 0 Å². The summed E-state index contributed by atoms with van der Waals surface area (Å²) in [6.45, 7) is 4.66. The van der Waals surface area contributed by atoms with Crippen molar-refractivity contribution in [3.63, 3.8) is 0 Å². The van der Waals surface area contributed by atoms with E-state index in [1.54, 1.807) is 4.90 Å². The zero-order valence-corrected chi connectivity index (χ0v) is 17.5. The molecule has 3 aromatic carbocycles. The summed E-state index contributed by atoms with van der Waals surface area (Å²) in [7, 11) is 0. The van der Waals surface area contributed by atoms with Crippen LogP contribution in [0, 0.1) is 6.92 Å². The first-order chi connectivity index (χ1) is 14.6. The molecular weight excluding hydrogens is 372 g/mol. The van der Waals surface area contributed by atoms with Crippen molar-refractivity contribution in [1.82, 2.24) is 10.2 Å². The molecule has 0 saturated carbocycles. The van der Waals surface area contributed by atoms with Gasteiger partial charge in [-0.05, 0) is 23.6 Å². The molecule has 0 aromatic heterocycles. The number of nitrogens with zero attached hydrogens (tertiary/aromatic N) is 1. The number of nitrogens with one attached hydrogen (secondary N) is 1. The maximum Gasteiger partial charge on any atom is 0.247 e. The highest BCUT2D eigenvalue weighted by Gasteiger charge is 2.30. The molecule has 0 heterocycles. The van der Waals surface area contributed by atoms with Crippen LogP contribution in [-0.4, -0.2) is 16.7 Å². The molecular formula is C26H28N2O2. The van der Waals surface area contributed by atoms with Gasteiger partial charge < -0.3 is 10.2 Å². The first kappa shape index (κ1) is 21.3. The summed E-state index contributed by atoms with van der Waals surface area (Å²) in [6.07, 6.45) is 0.335. The number of aryl methyl sites for hydroxylation is 1. The smallest absolute Gasteiger partial charge is 0.247 e. The Hall–Kier alpha value is -3.40. The molecule has 0 bridgehead atoms. The van der Waals surface area contributed by atoms with Gasteiger partial charge >= 0.3 is 0 Å². The quantitative estimate of drug-likeness (QED) is 0.591. The maximum absolute atomic E-state index is 13.3. The van der Waals surface area contributed by atoms with E-state index in [0.717, 1.165) is 16.7 Å². The molecule has 3 aromatic rings. The van der Waals surface area contributed by atoms with E-state index in [-0.39, 0.29) is 11.8 Å². The van der Waals surface area contributed by atoms with E-state index in [4.69, 9.17) is 0 Å². The van der Waals surface area contributed by atoms with Crippen LogP contribution in [0.1, 0.15) is 41.6 Å². The second kappa shape index (κ2) is 10.4. The first-order valence-electron chi connectivity index (χ1n) is 10.3. The fourth-order valence-corrected chi connectivity index (χ4v) is 3.41. The Morgan fingerprint density at radius 1 is 0.833 bits per heavy atom. The Kier molecular flexibility index (Phi) is 7.39. The van der Waals surface area contributed by atoms with Gasteiger partial charge in [-0.25, -0.2) is 0 Å². The molecule has 30 heavy (non-hydrogen) atoms. The predicted molar refractivity (Wildman–Crippen MR) is 119 cm³/mol. The van der Waals surface area contributed by atoms with E-state index in [1.165, 1.54) is 5.56 Å².